The van der Waals surface area contributed by atoms with Gasteiger partial charge in [-0.2, -0.15) is 0 Å². The zero-order valence-electron chi connectivity index (χ0n) is 18.0. The molecule has 1 saturated heterocycles. The summed E-state index contributed by atoms with van der Waals surface area (Å²) >= 11 is 0. The zero-order valence-corrected chi connectivity index (χ0v) is 18.0. The van der Waals surface area contributed by atoms with Gasteiger partial charge < -0.3 is 15.3 Å². The molecule has 2 aliphatic rings. The van der Waals surface area contributed by atoms with E-state index in [1.165, 1.54) is 0 Å². The van der Waals surface area contributed by atoms with E-state index < -0.39 is 11.7 Å². The van der Waals surface area contributed by atoms with Crippen LogP contribution in [0.1, 0.15) is 50.0 Å². The molecule has 0 spiro atoms. The third-order valence-electron chi connectivity index (χ3n) is 6.28. The quantitative estimate of drug-likeness (QED) is 0.288. The van der Waals surface area contributed by atoms with Gasteiger partial charge in [0.15, 0.2) is 11.6 Å². The van der Waals surface area contributed by atoms with E-state index >= 15 is 4.39 Å². The molecule has 3 rings (SSSR count). The number of halogens is 1. The third kappa shape index (κ3) is 6.10. The van der Waals surface area contributed by atoms with Crippen LogP contribution in [0.4, 0.5) is 10.2 Å². The highest BCUT2D eigenvalue weighted by Gasteiger charge is 2.29. The van der Waals surface area contributed by atoms with E-state index in [0.717, 1.165) is 32.1 Å². The Kier molecular flexibility index (Phi) is 8.14. The van der Waals surface area contributed by atoms with Gasteiger partial charge in [0.05, 0.1) is 19.0 Å². The second-order valence-corrected chi connectivity index (χ2v) is 8.67. The van der Waals surface area contributed by atoms with Crippen LogP contribution in [0.3, 0.4) is 0 Å². The van der Waals surface area contributed by atoms with Crippen molar-refractivity contribution in [1.82, 2.24) is 20.3 Å². The van der Waals surface area contributed by atoms with E-state index in [-0.39, 0.29) is 49.4 Å². The molecule has 0 aromatic carbocycles. The minimum atomic E-state index is -0.576. The summed E-state index contributed by atoms with van der Waals surface area (Å²) in [6.45, 7) is 2.65. The summed E-state index contributed by atoms with van der Waals surface area (Å²) in [6.07, 6.45) is 5.93. The van der Waals surface area contributed by atoms with Crippen LogP contribution in [-0.4, -0.2) is 63.9 Å². The number of aliphatic hydroxyl groups excluding tert-OH is 1. The Morgan fingerprint density at radius 3 is 2.71 bits per heavy atom. The topological polar surface area (TPSA) is 119 Å². The maximum Gasteiger partial charge on any atom is 0.233 e. The third-order valence-corrected chi connectivity index (χ3v) is 6.28. The van der Waals surface area contributed by atoms with Crippen molar-refractivity contribution in [3.63, 3.8) is 0 Å². The standard InChI is InChI=1S/C21H32FN5O4/c1-14-24-18(19(22)20(25-14)26-7-6-16(10-26)12-28)9-23-21(30)17(11-27(31)13-29)8-15-4-2-3-5-15/h13,15-17,28,31H,2-12H2,1H3,(H,23,30)/t16-,17+/m0/s1. The highest BCUT2D eigenvalue weighted by molar-refractivity contribution is 5.79. The fourth-order valence-electron chi connectivity index (χ4n) is 4.60. The Labute approximate surface area is 181 Å². The molecule has 31 heavy (non-hydrogen) atoms. The summed E-state index contributed by atoms with van der Waals surface area (Å²) in [7, 11) is 0. The molecule has 0 bridgehead atoms. The predicted molar refractivity (Wildman–Crippen MR) is 111 cm³/mol. The SMILES string of the molecule is Cc1nc(CNC(=O)[C@H](CC2CCCC2)CN(O)C=O)c(F)c(N2CC[C@H](CO)C2)n1. The van der Waals surface area contributed by atoms with E-state index in [4.69, 9.17) is 0 Å². The van der Waals surface area contributed by atoms with Crippen LogP contribution in [0.5, 0.6) is 0 Å². The van der Waals surface area contributed by atoms with E-state index in [1.54, 1.807) is 11.8 Å². The molecule has 0 unspecified atom stereocenters. The lowest BCUT2D eigenvalue weighted by Crippen LogP contribution is -2.38. The lowest BCUT2D eigenvalue weighted by atomic mass is 9.92. The van der Waals surface area contributed by atoms with Crippen molar-refractivity contribution in [3.05, 3.63) is 17.3 Å². The molecule has 2 atom stereocenters. The Morgan fingerprint density at radius 1 is 1.32 bits per heavy atom. The van der Waals surface area contributed by atoms with Gasteiger partial charge in [0, 0.05) is 25.6 Å². The van der Waals surface area contributed by atoms with Crippen LogP contribution in [0.15, 0.2) is 0 Å². The number of nitrogens with one attached hydrogen (secondary N) is 1. The maximum atomic E-state index is 15.1. The average Bonchev–Trinajstić information content (AvgIpc) is 3.45. The van der Waals surface area contributed by atoms with Crippen molar-refractivity contribution < 1.29 is 24.3 Å². The molecule has 1 saturated carbocycles. The molecular weight excluding hydrogens is 405 g/mol. The molecule has 1 aliphatic heterocycles. The summed E-state index contributed by atoms with van der Waals surface area (Å²) in [5, 5.41) is 22.2. The number of aryl methyl sites for hydroxylation is 1. The van der Waals surface area contributed by atoms with Crippen LogP contribution in [0, 0.1) is 30.5 Å². The Bertz CT molecular complexity index is 774. The van der Waals surface area contributed by atoms with Crippen molar-refractivity contribution in [2.45, 2.75) is 52.0 Å². The summed E-state index contributed by atoms with van der Waals surface area (Å²) in [6, 6.07) is 0. The first kappa shape index (κ1) is 23.3. The zero-order chi connectivity index (χ0) is 22.4. The van der Waals surface area contributed by atoms with Crippen LogP contribution >= 0.6 is 0 Å². The number of rotatable bonds is 10. The van der Waals surface area contributed by atoms with Gasteiger partial charge in [-0.1, -0.05) is 25.7 Å². The van der Waals surface area contributed by atoms with Gasteiger partial charge in [0.2, 0.25) is 12.3 Å². The second-order valence-electron chi connectivity index (χ2n) is 8.67. The van der Waals surface area contributed by atoms with E-state index in [9.17, 15) is 19.9 Å². The fourth-order valence-corrected chi connectivity index (χ4v) is 4.60. The van der Waals surface area contributed by atoms with Crippen LogP contribution in [-0.2, 0) is 16.1 Å². The molecule has 3 N–H and O–H groups in total. The number of hydroxylamine groups is 2. The number of anilines is 1. The molecule has 1 aromatic rings. The van der Waals surface area contributed by atoms with Crippen molar-refractivity contribution in [2.24, 2.45) is 17.8 Å². The highest BCUT2D eigenvalue weighted by atomic mass is 19.1. The largest absolute Gasteiger partial charge is 0.396 e. The summed E-state index contributed by atoms with van der Waals surface area (Å²) in [5.41, 5.74) is 0.0964. The van der Waals surface area contributed by atoms with E-state index in [2.05, 4.69) is 15.3 Å². The number of aliphatic hydroxyl groups is 1. The van der Waals surface area contributed by atoms with Crippen molar-refractivity contribution in [1.29, 1.82) is 0 Å². The van der Waals surface area contributed by atoms with Crippen molar-refractivity contribution in [3.8, 4) is 0 Å². The van der Waals surface area contributed by atoms with Crippen LogP contribution in [0.2, 0.25) is 0 Å². The second kappa shape index (κ2) is 10.8. The number of nitrogens with zero attached hydrogens (tertiary/aromatic N) is 4. The summed E-state index contributed by atoms with van der Waals surface area (Å²) in [4.78, 5) is 33.8. The maximum absolute atomic E-state index is 15.1. The van der Waals surface area contributed by atoms with Crippen LogP contribution in [0.25, 0.3) is 0 Å². The first-order valence-electron chi connectivity index (χ1n) is 11.0. The smallest absolute Gasteiger partial charge is 0.233 e. The minimum absolute atomic E-state index is 0.0517. The summed E-state index contributed by atoms with van der Waals surface area (Å²) in [5.74, 6) is -0.424. The lowest BCUT2D eigenvalue weighted by molar-refractivity contribution is -0.155. The van der Waals surface area contributed by atoms with Crippen LogP contribution < -0.4 is 10.2 Å². The van der Waals surface area contributed by atoms with Gasteiger partial charge in [-0.3, -0.25) is 14.8 Å². The molecule has 2 heterocycles. The number of carbonyl (C=O) groups is 2. The minimum Gasteiger partial charge on any atom is -0.396 e. The predicted octanol–water partition coefficient (Wildman–Crippen LogP) is 1.40. The average molecular weight is 438 g/mol. The molecule has 2 fully saturated rings. The lowest BCUT2D eigenvalue weighted by Gasteiger charge is -2.23. The Morgan fingerprint density at radius 2 is 2.06 bits per heavy atom. The Hall–Kier alpha value is -2.33. The molecule has 0 radical (unpaired) electrons. The molecule has 2 amide bonds. The van der Waals surface area contributed by atoms with Gasteiger partial charge in [0.25, 0.3) is 0 Å². The van der Waals surface area contributed by atoms with Gasteiger partial charge in [-0.15, -0.1) is 0 Å². The number of amides is 2. The normalized spacial score (nSPS) is 20.1. The van der Waals surface area contributed by atoms with E-state index in [1.807, 2.05) is 0 Å². The molecule has 1 aliphatic carbocycles. The first-order chi connectivity index (χ1) is 14.9. The Balaban J connectivity index is 1.67. The number of carbonyl (C=O) groups excluding carboxylic acids is 2. The highest BCUT2D eigenvalue weighted by Crippen LogP contribution is 2.31. The number of aromatic nitrogens is 2. The monoisotopic (exact) mass is 437 g/mol. The van der Waals surface area contributed by atoms with Gasteiger partial charge in [0.1, 0.15) is 11.5 Å². The molecule has 172 valence electrons. The molecule has 9 nitrogen and oxygen atoms in total. The number of hydrogen-bond donors (Lipinski definition) is 3. The molecule has 1 aromatic heterocycles. The molecular formula is C21H32FN5O4. The molecule has 10 heteroatoms. The van der Waals surface area contributed by atoms with Gasteiger partial charge in [-0.05, 0) is 25.7 Å². The number of hydrogen-bond acceptors (Lipinski definition) is 7. The summed E-state index contributed by atoms with van der Waals surface area (Å²) < 4.78 is 15.1. The van der Waals surface area contributed by atoms with Crippen molar-refractivity contribution >= 4 is 18.1 Å². The van der Waals surface area contributed by atoms with Gasteiger partial charge in [-0.25, -0.2) is 19.4 Å². The van der Waals surface area contributed by atoms with Gasteiger partial charge >= 0.3 is 0 Å². The first-order valence-corrected chi connectivity index (χ1v) is 11.0. The van der Waals surface area contributed by atoms with Crippen molar-refractivity contribution in [2.75, 3.05) is 31.1 Å². The van der Waals surface area contributed by atoms with E-state index in [0.29, 0.717) is 36.3 Å². The fraction of sp³-hybridized carbons (Fsp3) is 0.714.